The van der Waals surface area contributed by atoms with Crippen molar-refractivity contribution in [3.63, 3.8) is 0 Å². The Morgan fingerprint density at radius 1 is 1.26 bits per heavy atom. The molecule has 1 rings (SSSR count). The third-order valence-corrected chi connectivity index (χ3v) is 3.33. The molecule has 0 atom stereocenters. The summed E-state index contributed by atoms with van der Waals surface area (Å²) in [7, 11) is 0. The minimum Gasteiger partial charge on any atom is -0.508 e. The highest BCUT2D eigenvalue weighted by atomic mass is 16.3. The van der Waals surface area contributed by atoms with Gasteiger partial charge in [0.2, 0.25) is 0 Å². The van der Waals surface area contributed by atoms with Crippen LogP contribution in [0.4, 0.5) is 0 Å². The molecule has 19 heavy (non-hydrogen) atoms. The molecule has 0 spiro atoms. The van der Waals surface area contributed by atoms with Crippen LogP contribution in [0.5, 0.6) is 5.75 Å². The van der Waals surface area contributed by atoms with Gasteiger partial charge in [-0.2, -0.15) is 0 Å². The molecule has 0 aliphatic rings. The molecule has 1 aromatic carbocycles. The van der Waals surface area contributed by atoms with Crippen molar-refractivity contribution in [2.45, 2.75) is 51.1 Å². The molecule has 4 nitrogen and oxygen atoms in total. The number of carbonyl (C=O) groups is 1. The van der Waals surface area contributed by atoms with Gasteiger partial charge < -0.3 is 16.6 Å². The van der Waals surface area contributed by atoms with Gasteiger partial charge in [0.25, 0.3) is 0 Å². The first-order valence-corrected chi connectivity index (χ1v) is 6.85. The minimum absolute atomic E-state index is 0.146. The lowest BCUT2D eigenvalue weighted by Crippen LogP contribution is -2.56. The zero-order valence-corrected chi connectivity index (χ0v) is 11.6. The SMILES string of the molecule is CCCCCC(N)(N)C(=O)CCc1ccccc1O. The van der Waals surface area contributed by atoms with Crippen LogP contribution in [0, 0.1) is 0 Å². The van der Waals surface area contributed by atoms with E-state index in [4.69, 9.17) is 11.5 Å². The quantitative estimate of drug-likeness (QED) is 0.495. The largest absolute Gasteiger partial charge is 0.508 e. The predicted octanol–water partition coefficient (Wildman–Crippen LogP) is 2.09. The lowest BCUT2D eigenvalue weighted by molar-refractivity contribution is -0.124. The number of aromatic hydroxyl groups is 1. The van der Waals surface area contributed by atoms with E-state index in [9.17, 15) is 9.90 Å². The lowest BCUT2D eigenvalue weighted by Gasteiger charge is -2.23. The van der Waals surface area contributed by atoms with Crippen molar-refractivity contribution in [1.82, 2.24) is 0 Å². The van der Waals surface area contributed by atoms with Crippen molar-refractivity contribution in [2.24, 2.45) is 11.5 Å². The molecule has 5 N–H and O–H groups in total. The summed E-state index contributed by atoms with van der Waals surface area (Å²) in [6.45, 7) is 2.09. The Hall–Kier alpha value is -1.39. The van der Waals surface area contributed by atoms with E-state index in [2.05, 4.69) is 6.92 Å². The van der Waals surface area contributed by atoms with Gasteiger partial charge in [0, 0.05) is 6.42 Å². The number of hydrogen-bond acceptors (Lipinski definition) is 4. The van der Waals surface area contributed by atoms with E-state index in [1.54, 1.807) is 18.2 Å². The van der Waals surface area contributed by atoms with Crippen molar-refractivity contribution in [3.05, 3.63) is 29.8 Å². The lowest BCUT2D eigenvalue weighted by atomic mass is 9.94. The summed E-state index contributed by atoms with van der Waals surface area (Å²) in [5, 5.41) is 9.63. The van der Waals surface area contributed by atoms with E-state index in [0.717, 1.165) is 24.8 Å². The first kappa shape index (κ1) is 15.7. The zero-order chi connectivity index (χ0) is 14.3. The van der Waals surface area contributed by atoms with Gasteiger partial charge in [0.15, 0.2) is 5.78 Å². The highest BCUT2D eigenvalue weighted by Crippen LogP contribution is 2.19. The number of benzene rings is 1. The van der Waals surface area contributed by atoms with E-state index < -0.39 is 5.66 Å². The Balaban J connectivity index is 2.48. The Morgan fingerprint density at radius 2 is 1.95 bits per heavy atom. The standard InChI is InChI=1S/C15H24N2O2/c1-2-3-6-11-15(16,17)14(19)10-9-12-7-4-5-8-13(12)18/h4-5,7-8,18H,2-3,6,9-11,16-17H2,1H3. The maximum atomic E-state index is 12.0. The molecule has 0 amide bonds. The first-order chi connectivity index (χ1) is 8.97. The monoisotopic (exact) mass is 264 g/mol. The molecule has 0 bridgehead atoms. The fraction of sp³-hybridized carbons (Fsp3) is 0.533. The summed E-state index contributed by atoms with van der Waals surface area (Å²) < 4.78 is 0. The normalized spacial score (nSPS) is 11.5. The number of hydrogen-bond donors (Lipinski definition) is 3. The second-order valence-electron chi connectivity index (χ2n) is 5.05. The Kier molecular flexibility index (Phi) is 5.99. The van der Waals surface area contributed by atoms with Gasteiger partial charge in [-0.05, 0) is 30.9 Å². The Morgan fingerprint density at radius 3 is 2.58 bits per heavy atom. The fourth-order valence-corrected chi connectivity index (χ4v) is 2.01. The molecular formula is C15H24N2O2. The summed E-state index contributed by atoms with van der Waals surface area (Å²) in [5.41, 5.74) is 11.3. The third-order valence-electron chi connectivity index (χ3n) is 3.33. The molecule has 4 heteroatoms. The minimum atomic E-state index is -1.24. The van der Waals surface area contributed by atoms with Crippen LogP contribution >= 0.6 is 0 Å². The van der Waals surface area contributed by atoms with Crippen LogP contribution in [-0.2, 0) is 11.2 Å². The number of phenols is 1. The van der Waals surface area contributed by atoms with Crippen molar-refractivity contribution in [2.75, 3.05) is 0 Å². The van der Waals surface area contributed by atoms with Crippen molar-refractivity contribution < 1.29 is 9.90 Å². The number of rotatable bonds is 8. The first-order valence-electron chi connectivity index (χ1n) is 6.85. The zero-order valence-electron chi connectivity index (χ0n) is 11.6. The molecule has 0 aliphatic heterocycles. The van der Waals surface area contributed by atoms with E-state index in [0.29, 0.717) is 12.8 Å². The van der Waals surface area contributed by atoms with Gasteiger partial charge in [-0.15, -0.1) is 0 Å². The summed E-state index contributed by atoms with van der Waals surface area (Å²) in [6.07, 6.45) is 4.21. The molecule has 1 aromatic rings. The number of carbonyl (C=O) groups excluding carboxylic acids is 1. The van der Waals surface area contributed by atoms with Gasteiger partial charge in [0.1, 0.15) is 11.4 Å². The maximum absolute atomic E-state index is 12.0. The molecule has 0 saturated heterocycles. The number of unbranched alkanes of at least 4 members (excludes halogenated alkanes) is 2. The summed E-state index contributed by atoms with van der Waals surface area (Å²) in [5.74, 6) is 0.0628. The van der Waals surface area contributed by atoms with E-state index in [1.165, 1.54) is 0 Å². The van der Waals surface area contributed by atoms with Gasteiger partial charge >= 0.3 is 0 Å². The van der Waals surface area contributed by atoms with Crippen LogP contribution in [0.2, 0.25) is 0 Å². The summed E-state index contributed by atoms with van der Waals surface area (Å²) in [6, 6.07) is 6.99. The number of Topliss-reactive ketones (excluding diaryl/α,β-unsaturated/α-hetero) is 1. The highest BCUT2D eigenvalue weighted by molar-refractivity contribution is 5.87. The van der Waals surface area contributed by atoms with Crippen molar-refractivity contribution >= 4 is 5.78 Å². The van der Waals surface area contributed by atoms with E-state index in [-0.39, 0.29) is 18.0 Å². The Bertz CT molecular complexity index is 416. The maximum Gasteiger partial charge on any atom is 0.167 e. The molecular weight excluding hydrogens is 240 g/mol. The molecule has 0 saturated carbocycles. The number of ketones is 1. The fourth-order valence-electron chi connectivity index (χ4n) is 2.01. The average molecular weight is 264 g/mol. The summed E-state index contributed by atoms with van der Waals surface area (Å²) >= 11 is 0. The second kappa shape index (κ2) is 7.26. The van der Waals surface area contributed by atoms with Crippen LogP contribution < -0.4 is 11.5 Å². The number of para-hydroxylation sites is 1. The molecule has 0 heterocycles. The molecule has 106 valence electrons. The third kappa shape index (κ3) is 5.01. The number of nitrogens with two attached hydrogens (primary N) is 2. The van der Waals surface area contributed by atoms with Crippen LogP contribution in [0.3, 0.4) is 0 Å². The highest BCUT2D eigenvalue weighted by Gasteiger charge is 2.27. The topological polar surface area (TPSA) is 89.3 Å². The van der Waals surface area contributed by atoms with Gasteiger partial charge in [-0.25, -0.2) is 0 Å². The van der Waals surface area contributed by atoms with Gasteiger partial charge in [-0.3, -0.25) is 4.79 Å². The van der Waals surface area contributed by atoms with Crippen LogP contribution in [0.15, 0.2) is 24.3 Å². The predicted molar refractivity (Wildman–Crippen MR) is 76.7 cm³/mol. The van der Waals surface area contributed by atoms with Gasteiger partial charge in [-0.1, -0.05) is 38.0 Å². The second-order valence-corrected chi connectivity index (χ2v) is 5.05. The van der Waals surface area contributed by atoms with Crippen LogP contribution in [-0.4, -0.2) is 16.6 Å². The number of aryl methyl sites for hydroxylation is 1. The van der Waals surface area contributed by atoms with Crippen molar-refractivity contribution in [1.29, 1.82) is 0 Å². The molecule has 0 aliphatic carbocycles. The molecule has 0 aromatic heterocycles. The molecule has 0 radical (unpaired) electrons. The molecule has 0 fully saturated rings. The van der Waals surface area contributed by atoms with Crippen LogP contribution in [0.25, 0.3) is 0 Å². The smallest absolute Gasteiger partial charge is 0.167 e. The van der Waals surface area contributed by atoms with E-state index >= 15 is 0 Å². The Labute approximate surface area is 114 Å². The van der Waals surface area contributed by atoms with Crippen LogP contribution in [0.1, 0.15) is 44.6 Å². The van der Waals surface area contributed by atoms with Gasteiger partial charge in [0.05, 0.1) is 0 Å². The van der Waals surface area contributed by atoms with Crippen molar-refractivity contribution in [3.8, 4) is 5.75 Å². The summed E-state index contributed by atoms with van der Waals surface area (Å²) in [4.78, 5) is 12.0. The number of phenolic OH excluding ortho intramolecular Hbond substituents is 1. The average Bonchev–Trinajstić information content (AvgIpc) is 2.37. The van der Waals surface area contributed by atoms with E-state index in [1.807, 2.05) is 6.07 Å². The molecule has 0 unspecified atom stereocenters.